The van der Waals surface area contributed by atoms with Gasteiger partial charge in [-0.2, -0.15) is 0 Å². The third-order valence-electron chi connectivity index (χ3n) is 4.99. The van der Waals surface area contributed by atoms with Crippen LogP contribution in [0.5, 0.6) is 0 Å². The molecule has 4 rings (SSSR count). The molecule has 2 aliphatic heterocycles. The molecule has 0 aliphatic carbocycles. The van der Waals surface area contributed by atoms with E-state index in [1.807, 2.05) is 22.9 Å². The summed E-state index contributed by atoms with van der Waals surface area (Å²) in [4.78, 5) is 22.0. The molecule has 22 heavy (non-hydrogen) atoms. The molecule has 2 aromatic rings. The minimum Gasteiger partial charge on any atom is -0.394 e. The van der Waals surface area contributed by atoms with Crippen LogP contribution < -0.4 is 5.56 Å². The standard InChI is InChI=1S/C16H20N4O2/c21-10-14-12-6-11(13-2-1-3-16(22)20(13)14)7-19(8-12)9-15-17-4-5-18-15/h1-5,11-12,14,21H,6-10H2,(H,17,18)/t11-,12+,14+/m1/s1. The molecule has 0 unspecified atom stereocenters. The Balaban J connectivity index is 1.67. The van der Waals surface area contributed by atoms with E-state index in [2.05, 4.69) is 14.9 Å². The van der Waals surface area contributed by atoms with E-state index < -0.39 is 0 Å². The summed E-state index contributed by atoms with van der Waals surface area (Å²) >= 11 is 0. The molecule has 0 radical (unpaired) electrons. The molecule has 1 saturated heterocycles. The van der Waals surface area contributed by atoms with Gasteiger partial charge in [-0.05, 0) is 18.4 Å². The third-order valence-corrected chi connectivity index (χ3v) is 4.99. The number of pyridine rings is 1. The van der Waals surface area contributed by atoms with Crippen LogP contribution in [-0.2, 0) is 6.54 Å². The number of piperidine rings is 1. The Morgan fingerprint density at radius 1 is 1.36 bits per heavy atom. The van der Waals surface area contributed by atoms with Crippen LogP contribution >= 0.6 is 0 Å². The fourth-order valence-electron chi connectivity index (χ4n) is 4.10. The average molecular weight is 300 g/mol. The molecule has 2 N–H and O–H groups in total. The second-order valence-electron chi connectivity index (χ2n) is 6.33. The summed E-state index contributed by atoms with van der Waals surface area (Å²) in [5.41, 5.74) is 1.07. The van der Waals surface area contributed by atoms with Gasteiger partial charge in [-0.3, -0.25) is 9.69 Å². The zero-order valence-electron chi connectivity index (χ0n) is 12.4. The number of imidazole rings is 1. The minimum atomic E-state index is -0.112. The SMILES string of the molecule is O=c1cccc2n1[C@@H](CO)[C@H]1C[C@@H]2CN(Cc2ncc[nH]2)C1. The highest BCUT2D eigenvalue weighted by atomic mass is 16.3. The number of hydrogen-bond donors (Lipinski definition) is 2. The van der Waals surface area contributed by atoms with Crippen LogP contribution in [-0.4, -0.2) is 44.2 Å². The summed E-state index contributed by atoms with van der Waals surface area (Å²) in [6.07, 6.45) is 4.65. The van der Waals surface area contributed by atoms with Crippen molar-refractivity contribution in [3.8, 4) is 0 Å². The number of hydrogen-bond acceptors (Lipinski definition) is 4. The fraction of sp³-hybridized carbons (Fsp3) is 0.500. The zero-order chi connectivity index (χ0) is 15.1. The third kappa shape index (κ3) is 2.19. The van der Waals surface area contributed by atoms with Crippen molar-refractivity contribution in [1.82, 2.24) is 19.4 Å². The van der Waals surface area contributed by atoms with E-state index in [4.69, 9.17) is 0 Å². The molecule has 2 aromatic heterocycles. The first-order valence-electron chi connectivity index (χ1n) is 7.79. The van der Waals surface area contributed by atoms with Crippen molar-refractivity contribution in [1.29, 1.82) is 0 Å². The number of H-pyrrole nitrogens is 1. The first-order valence-corrected chi connectivity index (χ1v) is 7.79. The highest BCUT2D eigenvalue weighted by molar-refractivity contribution is 5.19. The zero-order valence-corrected chi connectivity index (χ0v) is 12.4. The van der Waals surface area contributed by atoms with Crippen LogP contribution in [0.25, 0.3) is 0 Å². The molecule has 0 amide bonds. The maximum Gasteiger partial charge on any atom is 0.251 e. The van der Waals surface area contributed by atoms with Crippen LogP contribution in [0.15, 0.2) is 35.4 Å². The topological polar surface area (TPSA) is 74.2 Å². The molecule has 2 bridgehead atoms. The van der Waals surface area contributed by atoms with E-state index in [0.29, 0.717) is 11.8 Å². The van der Waals surface area contributed by atoms with Gasteiger partial charge in [0.25, 0.3) is 5.56 Å². The number of rotatable bonds is 3. The number of aromatic nitrogens is 3. The molecule has 0 spiro atoms. The summed E-state index contributed by atoms with van der Waals surface area (Å²) in [7, 11) is 0. The van der Waals surface area contributed by atoms with Gasteiger partial charge in [0.1, 0.15) is 5.82 Å². The molecule has 4 heterocycles. The molecular weight excluding hydrogens is 280 g/mol. The average Bonchev–Trinajstić information content (AvgIpc) is 3.01. The highest BCUT2D eigenvalue weighted by Crippen LogP contribution is 2.40. The number of aliphatic hydroxyl groups is 1. The lowest BCUT2D eigenvalue weighted by molar-refractivity contribution is 0.0569. The molecule has 3 atom stereocenters. The number of nitrogens with one attached hydrogen (secondary N) is 1. The van der Waals surface area contributed by atoms with Crippen molar-refractivity contribution in [3.63, 3.8) is 0 Å². The smallest absolute Gasteiger partial charge is 0.251 e. The Bertz CT molecular complexity index is 709. The van der Waals surface area contributed by atoms with Gasteiger partial charge in [-0.15, -0.1) is 0 Å². The summed E-state index contributed by atoms with van der Waals surface area (Å²) in [5.74, 6) is 1.63. The quantitative estimate of drug-likeness (QED) is 0.876. The van der Waals surface area contributed by atoms with Crippen molar-refractivity contribution < 1.29 is 5.11 Å². The second-order valence-corrected chi connectivity index (χ2v) is 6.33. The maximum absolute atomic E-state index is 12.2. The summed E-state index contributed by atoms with van der Waals surface area (Å²) < 4.78 is 1.82. The van der Waals surface area contributed by atoms with Crippen LogP contribution in [0.1, 0.15) is 29.9 Å². The Morgan fingerprint density at radius 2 is 2.27 bits per heavy atom. The first kappa shape index (κ1) is 13.7. The molecule has 116 valence electrons. The predicted molar refractivity (Wildman–Crippen MR) is 81.5 cm³/mol. The van der Waals surface area contributed by atoms with Gasteiger partial charge < -0.3 is 14.7 Å². The van der Waals surface area contributed by atoms with Gasteiger partial charge >= 0.3 is 0 Å². The highest BCUT2D eigenvalue weighted by Gasteiger charge is 2.40. The van der Waals surface area contributed by atoms with E-state index >= 15 is 0 Å². The van der Waals surface area contributed by atoms with Crippen molar-refractivity contribution in [2.24, 2.45) is 5.92 Å². The summed E-state index contributed by atoms with van der Waals surface area (Å²) in [5, 5.41) is 9.82. The summed E-state index contributed by atoms with van der Waals surface area (Å²) in [6, 6.07) is 5.34. The Kier molecular flexibility index (Phi) is 3.35. The first-order chi connectivity index (χ1) is 10.8. The van der Waals surface area contributed by atoms with Gasteiger partial charge in [0.2, 0.25) is 0 Å². The van der Waals surface area contributed by atoms with E-state index in [1.54, 1.807) is 12.3 Å². The molecule has 0 saturated carbocycles. The Morgan fingerprint density at radius 3 is 3.05 bits per heavy atom. The van der Waals surface area contributed by atoms with Crippen LogP contribution in [0, 0.1) is 5.92 Å². The Hall–Kier alpha value is -1.92. The molecule has 6 heteroatoms. The lowest BCUT2D eigenvalue weighted by Crippen LogP contribution is -2.50. The lowest BCUT2D eigenvalue weighted by Gasteiger charge is -2.46. The van der Waals surface area contributed by atoms with Crippen molar-refractivity contribution in [3.05, 3.63) is 52.5 Å². The number of aromatic amines is 1. The fourth-order valence-corrected chi connectivity index (χ4v) is 4.10. The van der Waals surface area contributed by atoms with Gasteiger partial charge in [0.05, 0.1) is 19.2 Å². The van der Waals surface area contributed by atoms with Crippen LogP contribution in [0.4, 0.5) is 0 Å². The van der Waals surface area contributed by atoms with E-state index in [-0.39, 0.29) is 18.2 Å². The van der Waals surface area contributed by atoms with Gasteiger partial charge in [0.15, 0.2) is 0 Å². The number of aliphatic hydroxyl groups excluding tert-OH is 1. The van der Waals surface area contributed by atoms with Crippen molar-refractivity contribution in [2.75, 3.05) is 19.7 Å². The van der Waals surface area contributed by atoms with E-state index in [0.717, 1.165) is 37.6 Å². The van der Waals surface area contributed by atoms with E-state index in [1.165, 1.54) is 0 Å². The molecule has 2 aliphatic rings. The lowest BCUT2D eigenvalue weighted by atomic mass is 9.78. The monoisotopic (exact) mass is 300 g/mol. The Labute approximate surface area is 128 Å². The van der Waals surface area contributed by atoms with Gasteiger partial charge in [0, 0.05) is 43.2 Å². The maximum atomic E-state index is 12.2. The molecule has 0 aromatic carbocycles. The molecule has 6 nitrogen and oxygen atoms in total. The number of fused-ring (bicyclic) bond motifs is 4. The predicted octanol–water partition coefficient (Wildman–Crippen LogP) is 0.724. The number of likely N-dealkylation sites (tertiary alicyclic amines) is 1. The van der Waals surface area contributed by atoms with E-state index in [9.17, 15) is 9.90 Å². The van der Waals surface area contributed by atoms with Gasteiger partial charge in [-0.1, -0.05) is 6.07 Å². The molecular formula is C16H20N4O2. The summed E-state index contributed by atoms with van der Waals surface area (Å²) in [6.45, 7) is 2.63. The van der Waals surface area contributed by atoms with Crippen LogP contribution in [0.2, 0.25) is 0 Å². The normalized spacial score (nSPS) is 27.6. The molecule has 1 fully saturated rings. The largest absolute Gasteiger partial charge is 0.394 e. The van der Waals surface area contributed by atoms with Crippen molar-refractivity contribution >= 4 is 0 Å². The second kappa shape index (κ2) is 5.37. The minimum absolute atomic E-state index is 0.00531. The van der Waals surface area contributed by atoms with Gasteiger partial charge in [-0.25, -0.2) is 4.98 Å². The van der Waals surface area contributed by atoms with Crippen molar-refractivity contribution in [2.45, 2.75) is 24.9 Å². The number of nitrogens with zero attached hydrogens (tertiary/aromatic N) is 3. The van der Waals surface area contributed by atoms with Crippen LogP contribution in [0.3, 0.4) is 0 Å².